The molecule has 1 aliphatic heterocycles. The van der Waals surface area contributed by atoms with Crippen LogP contribution >= 0.6 is 12.2 Å². The van der Waals surface area contributed by atoms with E-state index in [2.05, 4.69) is 42.5 Å². The van der Waals surface area contributed by atoms with Crippen molar-refractivity contribution in [3.8, 4) is 5.75 Å². The van der Waals surface area contributed by atoms with Crippen molar-refractivity contribution < 1.29 is 4.74 Å². The molecule has 4 rings (SSSR count). The van der Waals surface area contributed by atoms with E-state index in [1.165, 1.54) is 47.3 Å². The zero-order valence-electron chi connectivity index (χ0n) is 17.5. The Morgan fingerprint density at radius 2 is 2.07 bits per heavy atom. The van der Waals surface area contributed by atoms with Crippen molar-refractivity contribution in [1.29, 1.82) is 0 Å². The normalized spacial score (nSPS) is 21.6. The fraction of sp³-hybridized carbons (Fsp3) is 0.565. The molecular formula is C23H31N3OS. The molecule has 0 saturated carbocycles. The molecule has 0 N–H and O–H groups in total. The van der Waals surface area contributed by atoms with Gasteiger partial charge in [0, 0.05) is 18.2 Å². The third kappa shape index (κ3) is 3.34. The summed E-state index contributed by atoms with van der Waals surface area (Å²) in [5.74, 6) is 1.52. The van der Waals surface area contributed by atoms with E-state index in [1.807, 2.05) is 6.07 Å². The molecule has 2 atom stereocenters. The fourth-order valence-electron chi connectivity index (χ4n) is 5.01. The van der Waals surface area contributed by atoms with Crippen LogP contribution in [0.15, 0.2) is 18.2 Å². The molecule has 1 aliphatic carbocycles. The summed E-state index contributed by atoms with van der Waals surface area (Å²) in [4.78, 5) is 3.42. The van der Waals surface area contributed by atoms with E-state index in [1.54, 1.807) is 7.11 Å². The Bertz CT molecular complexity index is 888. The van der Waals surface area contributed by atoms with Gasteiger partial charge in [0.25, 0.3) is 0 Å². The number of hydrogen-bond acceptors (Lipinski definition) is 3. The highest BCUT2D eigenvalue weighted by Crippen LogP contribution is 2.37. The predicted molar refractivity (Wildman–Crippen MR) is 117 cm³/mol. The molecule has 0 radical (unpaired) electrons. The molecule has 2 aromatic rings. The van der Waals surface area contributed by atoms with E-state index in [0.717, 1.165) is 30.1 Å². The molecule has 1 aromatic heterocycles. The summed E-state index contributed by atoms with van der Waals surface area (Å²) >= 11 is 5.94. The molecule has 5 heteroatoms. The average Bonchev–Trinajstić information content (AvgIpc) is 3.29. The minimum absolute atomic E-state index is 0.340. The van der Waals surface area contributed by atoms with Crippen molar-refractivity contribution in [1.82, 2.24) is 14.7 Å². The molecule has 1 saturated heterocycles. The van der Waals surface area contributed by atoms with Crippen LogP contribution in [0.1, 0.15) is 72.6 Å². The molecule has 0 unspecified atom stereocenters. The van der Waals surface area contributed by atoms with Crippen molar-refractivity contribution in [2.45, 2.75) is 71.4 Å². The molecule has 1 aromatic carbocycles. The van der Waals surface area contributed by atoms with Crippen LogP contribution in [0.4, 0.5) is 0 Å². The molecule has 0 bridgehead atoms. The van der Waals surface area contributed by atoms with Crippen LogP contribution in [0, 0.1) is 13.8 Å². The maximum Gasteiger partial charge on any atom is 0.122 e. The number of hydrogen-bond donors (Lipinski definition) is 0. The monoisotopic (exact) mass is 397 g/mol. The van der Waals surface area contributed by atoms with E-state index >= 15 is 0 Å². The second-order valence-corrected chi connectivity index (χ2v) is 8.79. The summed E-state index contributed by atoms with van der Waals surface area (Å²) in [7, 11) is 1.74. The molecule has 4 nitrogen and oxygen atoms in total. The van der Waals surface area contributed by atoms with Crippen molar-refractivity contribution in [3.05, 3.63) is 46.3 Å². The fourth-order valence-corrected chi connectivity index (χ4v) is 5.35. The molecule has 0 spiro atoms. The first kappa shape index (κ1) is 19.4. The lowest BCUT2D eigenvalue weighted by atomic mass is 9.88. The van der Waals surface area contributed by atoms with Gasteiger partial charge in [-0.25, -0.2) is 0 Å². The number of likely N-dealkylation sites (tertiary alicyclic amines) is 1. The molecule has 28 heavy (non-hydrogen) atoms. The number of nitrogens with zero attached hydrogens (tertiary/aromatic N) is 3. The van der Waals surface area contributed by atoms with Gasteiger partial charge in [-0.1, -0.05) is 31.3 Å². The number of fused-ring (bicyclic) bond motifs is 1. The van der Waals surface area contributed by atoms with Gasteiger partial charge in [-0.2, -0.15) is 5.10 Å². The predicted octanol–water partition coefficient (Wildman–Crippen LogP) is 5.11. The quantitative estimate of drug-likeness (QED) is 0.671. The third-order valence-corrected chi connectivity index (χ3v) is 7.02. The smallest absolute Gasteiger partial charge is 0.122 e. The van der Waals surface area contributed by atoms with E-state index in [9.17, 15) is 0 Å². The van der Waals surface area contributed by atoms with Crippen LogP contribution in [0.3, 0.4) is 0 Å². The summed E-state index contributed by atoms with van der Waals surface area (Å²) in [5.41, 5.74) is 6.63. The molecule has 150 valence electrons. The van der Waals surface area contributed by atoms with Crippen molar-refractivity contribution >= 4 is 17.2 Å². The maximum absolute atomic E-state index is 5.94. The van der Waals surface area contributed by atoms with Gasteiger partial charge in [-0.3, -0.25) is 4.68 Å². The molecule has 1 fully saturated rings. The summed E-state index contributed by atoms with van der Waals surface area (Å²) in [6.07, 6.45) is 5.99. The lowest BCUT2D eigenvalue weighted by Crippen LogP contribution is -2.33. The third-order valence-electron chi connectivity index (χ3n) is 6.66. The number of rotatable bonds is 4. The Kier molecular flexibility index (Phi) is 5.46. The van der Waals surface area contributed by atoms with Gasteiger partial charge in [0.05, 0.1) is 25.4 Å². The number of thiocarbonyl (C=S) groups is 1. The number of benzene rings is 1. The number of ether oxygens (including phenoxy) is 1. The van der Waals surface area contributed by atoms with Crippen LogP contribution in [0.2, 0.25) is 0 Å². The molecular weight excluding hydrogens is 366 g/mol. The van der Waals surface area contributed by atoms with Crippen molar-refractivity contribution in [2.75, 3.05) is 13.7 Å². The highest BCUT2D eigenvalue weighted by molar-refractivity contribution is 7.80. The van der Waals surface area contributed by atoms with E-state index in [-0.39, 0.29) is 0 Å². The van der Waals surface area contributed by atoms with Gasteiger partial charge in [-0.15, -0.1) is 0 Å². The Labute approximate surface area is 173 Å². The topological polar surface area (TPSA) is 30.3 Å². The second kappa shape index (κ2) is 7.86. The molecule has 2 aliphatic rings. The summed E-state index contributed by atoms with van der Waals surface area (Å²) in [6.45, 7) is 8.40. The van der Waals surface area contributed by atoms with Crippen LogP contribution in [-0.2, 0) is 13.0 Å². The van der Waals surface area contributed by atoms with Crippen LogP contribution < -0.4 is 4.74 Å². The zero-order chi connectivity index (χ0) is 19.8. The van der Waals surface area contributed by atoms with Gasteiger partial charge >= 0.3 is 0 Å². The van der Waals surface area contributed by atoms with Gasteiger partial charge in [0.1, 0.15) is 10.7 Å². The first-order valence-corrected chi connectivity index (χ1v) is 10.9. The standard InChI is InChI=1S/C23H31N3OS/c1-15-8-5-10-19-17(3)26(24-23(15)19)14-22(28)25-13-7-11-20(25)18-9-6-12-21(27-4)16(18)2/h6,9,12,15,20H,5,7-8,10-11,13-14H2,1-4H3/t15-,20-/m0/s1. The van der Waals surface area contributed by atoms with Crippen molar-refractivity contribution in [2.24, 2.45) is 0 Å². The number of methoxy groups -OCH3 is 1. The maximum atomic E-state index is 5.94. The lowest BCUT2D eigenvalue weighted by molar-refractivity contribution is 0.384. The van der Waals surface area contributed by atoms with Gasteiger partial charge in [0.2, 0.25) is 0 Å². The minimum atomic E-state index is 0.340. The largest absolute Gasteiger partial charge is 0.496 e. The van der Waals surface area contributed by atoms with Crippen LogP contribution in [0.5, 0.6) is 5.75 Å². The highest BCUT2D eigenvalue weighted by atomic mass is 32.1. The summed E-state index contributed by atoms with van der Waals surface area (Å²) in [5, 5.41) is 4.97. The molecule has 0 amide bonds. The first-order chi connectivity index (χ1) is 13.5. The lowest BCUT2D eigenvalue weighted by Gasteiger charge is -2.29. The average molecular weight is 398 g/mol. The number of aromatic nitrogens is 2. The first-order valence-electron chi connectivity index (χ1n) is 10.5. The zero-order valence-corrected chi connectivity index (χ0v) is 18.3. The van der Waals surface area contributed by atoms with E-state index < -0.39 is 0 Å². The Balaban J connectivity index is 1.57. The second-order valence-electron chi connectivity index (χ2n) is 8.32. The Morgan fingerprint density at radius 3 is 2.82 bits per heavy atom. The van der Waals surface area contributed by atoms with E-state index in [4.69, 9.17) is 22.1 Å². The minimum Gasteiger partial charge on any atom is -0.496 e. The van der Waals surface area contributed by atoms with Gasteiger partial charge in [0.15, 0.2) is 0 Å². The van der Waals surface area contributed by atoms with Gasteiger partial charge < -0.3 is 9.64 Å². The Hall–Kier alpha value is -1.88. The highest BCUT2D eigenvalue weighted by Gasteiger charge is 2.30. The van der Waals surface area contributed by atoms with Crippen LogP contribution in [-0.4, -0.2) is 33.3 Å². The summed E-state index contributed by atoms with van der Waals surface area (Å²) < 4.78 is 7.70. The van der Waals surface area contributed by atoms with Gasteiger partial charge in [-0.05, 0) is 68.7 Å². The van der Waals surface area contributed by atoms with E-state index in [0.29, 0.717) is 18.5 Å². The molecule has 2 heterocycles. The van der Waals surface area contributed by atoms with Crippen molar-refractivity contribution in [3.63, 3.8) is 0 Å². The Morgan fingerprint density at radius 1 is 1.25 bits per heavy atom. The summed E-state index contributed by atoms with van der Waals surface area (Å²) in [6, 6.07) is 6.69. The van der Waals surface area contributed by atoms with Crippen LogP contribution in [0.25, 0.3) is 0 Å². The SMILES string of the molecule is COc1cccc([C@@H]2CCCN2C(=S)Cn2nc3c(c2C)CCC[C@@H]3C)c1C.